The van der Waals surface area contributed by atoms with Crippen molar-refractivity contribution in [3.8, 4) is 5.75 Å². The zero-order chi connectivity index (χ0) is 21.3. The average Bonchev–Trinajstić information content (AvgIpc) is 3.12. The summed E-state index contributed by atoms with van der Waals surface area (Å²) < 4.78 is 28.1. The summed E-state index contributed by atoms with van der Waals surface area (Å²) in [7, 11) is -2.44. The highest BCUT2D eigenvalue weighted by molar-refractivity contribution is 7.89. The molecule has 1 aromatic rings. The number of amides is 1. The number of nitrogens with two attached hydrogens (primary N) is 2. The molecule has 158 valence electrons. The average molecular weight is 417 g/mol. The van der Waals surface area contributed by atoms with Crippen LogP contribution in [-0.2, 0) is 14.8 Å². The number of nitrogens with zero attached hydrogens (tertiary/aromatic N) is 1. The third kappa shape index (κ3) is 7.08. The molecule has 1 aliphatic rings. The molecule has 11 heteroatoms. The van der Waals surface area contributed by atoms with Gasteiger partial charge in [0.25, 0.3) is 5.91 Å². The van der Waals surface area contributed by atoms with E-state index < -0.39 is 16.0 Å². The molecule has 1 aromatic carbocycles. The molecular formula is C17H28N4O6S. The number of primary sulfonamides is 1. The monoisotopic (exact) mass is 416 g/mol. The van der Waals surface area contributed by atoms with Crippen LogP contribution < -0.4 is 20.9 Å². The van der Waals surface area contributed by atoms with Crippen molar-refractivity contribution in [1.82, 2.24) is 10.2 Å². The van der Waals surface area contributed by atoms with E-state index in [1.165, 1.54) is 25.3 Å². The van der Waals surface area contributed by atoms with E-state index >= 15 is 0 Å². The lowest BCUT2D eigenvalue weighted by Crippen LogP contribution is -2.40. The summed E-state index contributed by atoms with van der Waals surface area (Å²) in [5.41, 5.74) is 4.74. The maximum absolute atomic E-state index is 12.4. The Balaban J connectivity index is 0.000000696. The number of ether oxygens (including phenoxy) is 1. The van der Waals surface area contributed by atoms with Crippen molar-refractivity contribution in [1.29, 1.82) is 0 Å². The molecule has 0 saturated carbocycles. The first-order valence-electron chi connectivity index (χ1n) is 8.79. The van der Waals surface area contributed by atoms with Crippen molar-refractivity contribution in [2.75, 3.05) is 33.3 Å². The molecule has 1 amide bonds. The zero-order valence-electron chi connectivity index (χ0n) is 16.1. The van der Waals surface area contributed by atoms with Crippen LogP contribution in [0.1, 0.15) is 30.1 Å². The van der Waals surface area contributed by atoms with Gasteiger partial charge < -0.3 is 20.9 Å². The summed E-state index contributed by atoms with van der Waals surface area (Å²) in [6, 6.07) is 4.32. The number of carbonyl (C=O) groups excluding carboxylic acids is 1. The van der Waals surface area contributed by atoms with Gasteiger partial charge in [-0.25, -0.2) is 13.6 Å². The zero-order valence-corrected chi connectivity index (χ0v) is 16.9. The Labute approximate surface area is 164 Å². The third-order valence-corrected chi connectivity index (χ3v) is 5.23. The van der Waals surface area contributed by atoms with E-state index in [4.69, 9.17) is 15.0 Å². The second kappa shape index (κ2) is 11.0. The number of aliphatic carboxylic acids is 1. The number of rotatable bonds is 7. The predicted octanol–water partition coefficient (Wildman–Crippen LogP) is -0.414. The summed E-state index contributed by atoms with van der Waals surface area (Å²) in [6.45, 7) is 4.33. The number of carboxylic acids is 1. The van der Waals surface area contributed by atoms with E-state index in [0.29, 0.717) is 18.3 Å². The molecule has 0 bridgehead atoms. The molecule has 6 N–H and O–H groups in total. The summed E-state index contributed by atoms with van der Waals surface area (Å²) in [4.78, 5) is 23.9. The van der Waals surface area contributed by atoms with Crippen LogP contribution in [-0.4, -0.2) is 69.6 Å². The second-order valence-corrected chi connectivity index (χ2v) is 7.70. The highest BCUT2D eigenvalue weighted by Crippen LogP contribution is 2.22. The van der Waals surface area contributed by atoms with Gasteiger partial charge in [-0.1, -0.05) is 6.92 Å². The van der Waals surface area contributed by atoms with Crippen LogP contribution in [0.15, 0.2) is 23.1 Å². The quantitative estimate of drug-likeness (QED) is 0.465. The summed E-state index contributed by atoms with van der Waals surface area (Å²) in [5.74, 6) is -1.02. The van der Waals surface area contributed by atoms with Crippen molar-refractivity contribution in [2.45, 2.75) is 30.7 Å². The van der Waals surface area contributed by atoms with Gasteiger partial charge in [0.05, 0.1) is 24.1 Å². The molecule has 2 rings (SSSR count). The molecule has 0 radical (unpaired) electrons. The van der Waals surface area contributed by atoms with Gasteiger partial charge in [-0.2, -0.15) is 0 Å². The maximum atomic E-state index is 12.4. The lowest BCUT2D eigenvalue weighted by molar-refractivity contribution is -0.135. The Morgan fingerprint density at radius 3 is 2.54 bits per heavy atom. The van der Waals surface area contributed by atoms with Gasteiger partial charge in [0.1, 0.15) is 5.75 Å². The van der Waals surface area contributed by atoms with Gasteiger partial charge >= 0.3 is 5.97 Å². The summed E-state index contributed by atoms with van der Waals surface area (Å²) >= 11 is 0. The molecular weight excluding hydrogens is 388 g/mol. The normalized spacial score (nSPS) is 16.8. The van der Waals surface area contributed by atoms with Crippen molar-refractivity contribution in [2.24, 2.45) is 10.9 Å². The maximum Gasteiger partial charge on any atom is 0.317 e. The van der Waals surface area contributed by atoms with Crippen LogP contribution in [0, 0.1) is 0 Å². The Morgan fingerprint density at radius 2 is 2.04 bits per heavy atom. The number of likely N-dealkylation sites (tertiary alicyclic amines) is 1. The van der Waals surface area contributed by atoms with Crippen molar-refractivity contribution < 1.29 is 27.9 Å². The SMILES string of the molecule is CCN1CCC[C@H]1CNC(=O)c1cc(S(N)(=O)=O)ccc1OC.NCC(=O)O. The molecule has 0 spiro atoms. The van der Waals surface area contributed by atoms with Crippen LogP contribution in [0.5, 0.6) is 5.75 Å². The van der Waals surface area contributed by atoms with Crippen LogP contribution in [0.2, 0.25) is 0 Å². The van der Waals surface area contributed by atoms with E-state index in [1.807, 2.05) is 0 Å². The number of nitrogens with one attached hydrogen (secondary N) is 1. The van der Waals surface area contributed by atoms with Gasteiger partial charge in [0.15, 0.2) is 0 Å². The van der Waals surface area contributed by atoms with Crippen LogP contribution in [0.3, 0.4) is 0 Å². The fourth-order valence-corrected chi connectivity index (χ4v) is 3.43. The number of hydrogen-bond donors (Lipinski definition) is 4. The predicted molar refractivity (Wildman–Crippen MR) is 104 cm³/mol. The molecule has 28 heavy (non-hydrogen) atoms. The second-order valence-electron chi connectivity index (χ2n) is 6.14. The molecule has 1 heterocycles. The van der Waals surface area contributed by atoms with Gasteiger partial charge in [-0.05, 0) is 44.1 Å². The van der Waals surface area contributed by atoms with E-state index in [-0.39, 0.29) is 22.9 Å². The van der Waals surface area contributed by atoms with Gasteiger partial charge in [-0.3, -0.25) is 14.5 Å². The van der Waals surface area contributed by atoms with Crippen molar-refractivity contribution in [3.63, 3.8) is 0 Å². The van der Waals surface area contributed by atoms with Crippen molar-refractivity contribution in [3.05, 3.63) is 23.8 Å². The lowest BCUT2D eigenvalue weighted by atomic mass is 10.1. The Hall–Kier alpha value is -2.21. The highest BCUT2D eigenvalue weighted by Gasteiger charge is 2.24. The van der Waals surface area contributed by atoms with Gasteiger partial charge in [0.2, 0.25) is 10.0 Å². The summed E-state index contributed by atoms with van der Waals surface area (Å²) in [6.07, 6.45) is 2.17. The number of likely N-dealkylation sites (N-methyl/N-ethyl adjacent to an activating group) is 1. The fraction of sp³-hybridized carbons (Fsp3) is 0.529. The van der Waals surface area contributed by atoms with Crippen LogP contribution in [0.4, 0.5) is 0 Å². The minimum atomic E-state index is -3.87. The van der Waals surface area contributed by atoms with E-state index in [0.717, 1.165) is 25.9 Å². The number of sulfonamides is 1. The number of hydrogen-bond acceptors (Lipinski definition) is 7. The standard InChI is InChI=1S/C15H23N3O4S.C2H5NO2/c1-3-18-8-4-5-11(18)10-17-15(19)13-9-12(23(16,20)21)6-7-14(13)22-2;3-1-2(4)5/h6-7,9,11H,3-5,8,10H2,1-2H3,(H,17,19)(H2,16,20,21);1,3H2,(H,4,5)/t11-;/m0./s1. The van der Waals surface area contributed by atoms with Crippen LogP contribution >= 0.6 is 0 Å². The molecule has 1 saturated heterocycles. The molecule has 0 aliphatic carbocycles. The Morgan fingerprint density at radius 1 is 1.39 bits per heavy atom. The van der Waals surface area contributed by atoms with Gasteiger partial charge in [0, 0.05) is 12.6 Å². The molecule has 1 fully saturated rings. The molecule has 0 aromatic heterocycles. The minimum Gasteiger partial charge on any atom is -0.496 e. The van der Waals surface area contributed by atoms with Gasteiger partial charge in [-0.15, -0.1) is 0 Å². The lowest BCUT2D eigenvalue weighted by Gasteiger charge is -2.23. The first-order chi connectivity index (χ1) is 13.1. The molecule has 1 atom stereocenters. The molecule has 0 unspecified atom stereocenters. The molecule has 10 nitrogen and oxygen atoms in total. The fourth-order valence-electron chi connectivity index (χ4n) is 2.89. The number of carbonyl (C=O) groups is 2. The minimum absolute atomic E-state index is 0.112. The molecule has 1 aliphatic heterocycles. The Bertz CT molecular complexity index is 784. The third-order valence-electron chi connectivity index (χ3n) is 4.32. The van der Waals surface area contributed by atoms with E-state index in [2.05, 4.69) is 22.9 Å². The highest BCUT2D eigenvalue weighted by atomic mass is 32.2. The van der Waals surface area contributed by atoms with E-state index in [9.17, 15) is 18.0 Å². The number of benzene rings is 1. The number of methoxy groups -OCH3 is 1. The topological polar surface area (TPSA) is 165 Å². The first-order valence-corrected chi connectivity index (χ1v) is 10.3. The smallest absolute Gasteiger partial charge is 0.317 e. The summed E-state index contributed by atoms with van der Waals surface area (Å²) in [5, 5.41) is 15.6. The first kappa shape index (κ1) is 23.8. The van der Waals surface area contributed by atoms with E-state index in [1.54, 1.807) is 0 Å². The van der Waals surface area contributed by atoms with Crippen molar-refractivity contribution >= 4 is 21.9 Å². The largest absolute Gasteiger partial charge is 0.496 e. The van der Waals surface area contributed by atoms with Crippen LogP contribution in [0.25, 0.3) is 0 Å². The number of carboxylic acid groups (broad SMARTS) is 1. The Kier molecular flexibility index (Phi) is 9.32.